The minimum Gasteiger partial charge on any atom is -1.00 e. The maximum Gasteiger partial charge on any atom is 1.00 e. The Labute approximate surface area is 760 Å². The van der Waals surface area contributed by atoms with Gasteiger partial charge in [-0.15, -0.1) is 24.4 Å². The van der Waals surface area contributed by atoms with E-state index in [1.54, 1.807) is 12.1 Å². The summed E-state index contributed by atoms with van der Waals surface area (Å²) in [6.45, 7) is 29.1. The molecular formula is C77H111Br2KN4Na2O17S4. The van der Waals surface area contributed by atoms with E-state index in [2.05, 4.69) is 121 Å². The summed E-state index contributed by atoms with van der Waals surface area (Å²) in [7, 11) is 5.66. The predicted molar refractivity (Wildman–Crippen MR) is 425 cm³/mol. The normalized spacial score (nSPS) is 15.6. The van der Waals surface area contributed by atoms with Gasteiger partial charge in [-0.1, -0.05) is 56.5 Å². The zero-order chi connectivity index (χ0) is 77.0. The zero-order valence-corrected chi connectivity index (χ0v) is 79.8. The molecule has 4 heterocycles. The minimum atomic E-state index is -0.372. The number of thioether (sulfide) groups is 2. The van der Waals surface area contributed by atoms with Crippen LogP contribution in [0.1, 0.15) is 197 Å². The van der Waals surface area contributed by atoms with Crippen LogP contribution in [0, 0.1) is 27.7 Å². The van der Waals surface area contributed by atoms with E-state index in [4.69, 9.17) is 47.9 Å². The van der Waals surface area contributed by atoms with Crippen molar-refractivity contribution in [3.05, 3.63) is 97.5 Å². The molecule has 4 aromatic carbocycles. The third-order valence-electron chi connectivity index (χ3n) is 18.9. The Balaban J connectivity index is 0.00000132. The number of rotatable bonds is 20. The number of halogens is 2. The number of nitrogens with zero attached hydrogens (tertiary/aromatic N) is 4. The number of carbonyl (C=O) groups is 7. The van der Waals surface area contributed by atoms with Crippen molar-refractivity contribution in [2.24, 2.45) is 0 Å². The van der Waals surface area contributed by atoms with Crippen molar-refractivity contribution in [1.29, 1.82) is 0 Å². The third-order valence-corrected chi connectivity index (χ3v) is 22.6. The van der Waals surface area contributed by atoms with Gasteiger partial charge in [0, 0.05) is 167 Å². The Kier molecular flexibility index (Phi) is 54.8. The Morgan fingerprint density at radius 1 is 0.514 bits per heavy atom. The Morgan fingerprint density at radius 3 is 1.05 bits per heavy atom. The molecule has 4 aromatic rings. The van der Waals surface area contributed by atoms with Crippen LogP contribution in [-0.2, 0) is 69.8 Å². The van der Waals surface area contributed by atoms with Crippen LogP contribution in [0.25, 0.3) is 0 Å². The minimum absolute atomic E-state index is 0. The monoisotopic (exact) mass is 1730 g/mol. The molecular weight excluding hydrogens is 1630 g/mol. The average molecular weight is 1740 g/mol. The Bertz CT molecular complexity index is 3290. The van der Waals surface area contributed by atoms with E-state index in [9.17, 15) is 28.8 Å². The van der Waals surface area contributed by atoms with E-state index in [1.165, 1.54) is 91.4 Å². The molecule has 2 aliphatic carbocycles. The van der Waals surface area contributed by atoms with Gasteiger partial charge in [-0.25, -0.2) is 19.2 Å². The fourth-order valence-electron chi connectivity index (χ4n) is 13.0. The summed E-state index contributed by atoms with van der Waals surface area (Å²) in [6, 6.07) is 17.5. The molecule has 30 heteroatoms. The van der Waals surface area contributed by atoms with Crippen molar-refractivity contribution in [1.82, 2.24) is 0 Å². The van der Waals surface area contributed by atoms with Crippen LogP contribution in [0.15, 0.2) is 67.7 Å². The second-order valence-electron chi connectivity index (χ2n) is 25.4. The van der Waals surface area contributed by atoms with E-state index in [0.717, 1.165) is 201 Å². The first-order valence-electron chi connectivity index (χ1n) is 35.8. The molecule has 6 fully saturated rings. The quantitative estimate of drug-likeness (QED) is 0.0101. The van der Waals surface area contributed by atoms with Crippen LogP contribution in [0.2, 0.25) is 0 Å². The number of thiol groups is 1. The SMILES string of the molecule is BrC1CCC1.CC(=O)[S-].CCN(c1cc(Br)cc(C(=O)OC)c1C)C1CCOCC1.CCN(c1cc(S)cc(C(=O)OC)c1C)C1CCOCC1.CCN(c1cc(SC(C)=O)cc(C(=O)OC)c1C)C1CCOCC1.CCN(c1cc(SC2CCC2)cc(C(=O)OC)c1C)C1CCOCC1.O=CO[O-].[H-].[K+].[Na+].[Na+]. The van der Waals surface area contributed by atoms with E-state index in [0.29, 0.717) is 51.7 Å². The van der Waals surface area contributed by atoms with Crippen molar-refractivity contribution in [3.8, 4) is 0 Å². The molecule has 582 valence electrons. The first-order valence-corrected chi connectivity index (χ1v) is 40.1. The molecule has 0 radical (unpaired) electrons. The summed E-state index contributed by atoms with van der Waals surface area (Å²) in [6.07, 6.45) is 16.2. The van der Waals surface area contributed by atoms with E-state index >= 15 is 0 Å². The first-order chi connectivity index (χ1) is 49.8. The van der Waals surface area contributed by atoms with E-state index < -0.39 is 0 Å². The van der Waals surface area contributed by atoms with Gasteiger partial charge in [0.1, 0.15) is 0 Å². The van der Waals surface area contributed by atoms with Crippen molar-refractivity contribution < 1.29 is 194 Å². The maximum absolute atomic E-state index is 12.3. The standard InChI is InChI=1S/C20H29NO3S.C18H25NO4S.C16H22BrNO3.C16H23NO3S.C4H7Br.C2H4OS.CH2O3.K.2Na.H/c1-4-21(15-8-10-24-11-9-15)19-13-17(25-16-6-5-7-16)12-18(14(19)2)20(22)23-3;1-5-19(14-6-8-23-9-7-14)17-11-15(24-13(3)20)10-16(12(17)2)18(21)22-4;1-4-18(13-5-7-21-8-6-13)15-10-12(17)9-14(11(15)2)16(19)20-3;1-4-17(12-5-7-20-8-6-12)15-10-13(21)9-14(11(15)2)16(18)19-3;5-4-2-1-3-4;1-2(3)4;2-1-4-3;;;;/h12-13,15-16H,4-11H2,1-3H3;10-11,14H,5-9H2,1-4H3;9-10,13H,4-8H2,1-3H3;9-10,12,21H,4-8H2,1-3H3;4H,1-3H2;1H3,(H,3,4);1,3H;;;;/q;;;;;;;3*+1;-1/p-2. The summed E-state index contributed by atoms with van der Waals surface area (Å²) in [5.41, 5.74) is 10.6. The topological polar surface area (TPSA) is 239 Å². The summed E-state index contributed by atoms with van der Waals surface area (Å²) in [4.78, 5) is 93.5. The fourth-order valence-corrected chi connectivity index (χ4v) is 16.3. The summed E-state index contributed by atoms with van der Waals surface area (Å²) in [5.74, 6) is -1.22. The van der Waals surface area contributed by atoms with Gasteiger partial charge < -0.3 is 86.5 Å². The summed E-state index contributed by atoms with van der Waals surface area (Å²) < 4.78 is 42.5. The second-order valence-corrected chi connectivity index (χ2v) is 31.4. The number of carbonyl (C=O) groups excluding carboxylic acids is 7. The van der Waals surface area contributed by atoms with Gasteiger partial charge >= 0.3 is 134 Å². The molecule has 0 amide bonds. The van der Waals surface area contributed by atoms with Gasteiger partial charge in [-0.3, -0.25) is 9.59 Å². The van der Waals surface area contributed by atoms with Crippen LogP contribution in [0.5, 0.6) is 0 Å². The number of alkyl halides is 1. The molecule has 0 unspecified atom stereocenters. The number of anilines is 4. The van der Waals surface area contributed by atoms with Crippen LogP contribution < -0.4 is 135 Å². The molecule has 0 atom stereocenters. The summed E-state index contributed by atoms with van der Waals surface area (Å²) in [5, 5.41) is 8.87. The van der Waals surface area contributed by atoms with Crippen molar-refractivity contribution >= 4 is 144 Å². The molecule has 4 aliphatic heterocycles. The number of esters is 4. The van der Waals surface area contributed by atoms with Crippen molar-refractivity contribution in [3.63, 3.8) is 0 Å². The van der Waals surface area contributed by atoms with E-state index in [1.807, 2.05) is 63.7 Å². The van der Waals surface area contributed by atoms with Gasteiger partial charge in [0.15, 0.2) is 5.12 Å². The van der Waals surface area contributed by atoms with Crippen LogP contribution in [0.3, 0.4) is 0 Å². The smallest absolute Gasteiger partial charge is 1.00 e. The second kappa shape index (κ2) is 56.7. The molecule has 0 spiro atoms. The van der Waals surface area contributed by atoms with Gasteiger partial charge in [0.2, 0.25) is 0 Å². The zero-order valence-electron chi connectivity index (χ0n) is 67.2. The molecule has 0 N–H and O–H groups in total. The molecule has 10 rings (SSSR count). The number of hydrogen-bond donors (Lipinski definition) is 1. The molecule has 107 heavy (non-hydrogen) atoms. The van der Waals surface area contributed by atoms with Gasteiger partial charge in [0.05, 0.1) is 50.7 Å². The first kappa shape index (κ1) is 103. The molecule has 6 aliphatic rings. The molecule has 0 bridgehead atoms. The van der Waals surface area contributed by atoms with Crippen LogP contribution in [0.4, 0.5) is 22.7 Å². The molecule has 21 nitrogen and oxygen atoms in total. The number of hydrogen-bond acceptors (Lipinski definition) is 25. The van der Waals surface area contributed by atoms with Crippen molar-refractivity contribution in [2.45, 2.75) is 208 Å². The van der Waals surface area contributed by atoms with Gasteiger partial charge in [-0.2, -0.15) is 0 Å². The average Bonchev–Trinajstić information content (AvgIpc) is 0.803. The predicted octanol–water partition coefficient (Wildman–Crippen LogP) is 6.05. The van der Waals surface area contributed by atoms with E-state index in [-0.39, 0.29) is 153 Å². The largest absolute Gasteiger partial charge is 1.00 e. The molecule has 4 saturated heterocycles. The molecule has 2 saturated carbocycles. The maximum atomic E-state index is 12.3. The van der Waals surface area contributed by atoms with Crippen LogP contribution in [-0.4, -0.2) is 182 Å². The summed E-state index contributed by atoms with van der Waals surface area (Å²) >= 11 is 18.4. The number of methoxy groups -OCH3 is 4. The van der Waals surface area contributed by atoms with Crippen molar-refractivity contribution in [2.75, 3.05) is 127 Å². The van der Waals surface area contributed by atoms with Gasteiger partial charge in [-0.05, 0) is 210 Å². The number of benzene rings is 4. The Hall–Kier alpha value is -1.56. The van der Waals surface area contributed by atoms with Crippen LogP contribution >= 0.6 is 68.0 Å². The Morgan fingerprint density at radius 2 is 0.785 bits per heavy atom. The van der Waals surface area contributed by atoms with Gasteiger partial charge in [0.25, 0.3) is 6.47 Å². The molecule has 0 aromatic heterocycles. The number of ether oxygens (including phenoxy) is 8. The third kappa shape index (κ3) is 34.0. The fraction of sp³-hybridized carbons (Fsp3) is 0.597.